The van der Waals surface area contributed by atoms with Crippen molar-refractivity contribution >= 4 is 21.4 Å². The summed E-state index contributed by atoms with van der Waals surface area (Å²) >= 11 is 5.91. The Labute approximate surface area is 87.0 Å². The number of aryl methyl sites for hydroxylation is 2. The lowest BCUT2D eigenvalue weighted by molar-refractivity contribution is 0.440. The molecule has 0 unspecified atom stereocenters. The molecule has 1 aromatic carbocycles. The fourth-order valence-electron chi connectivity index (χ4n) is 1.32. The van der Waals surface area contributed by atoms with Gasteiger partial charge in [0.2, 0.25) is 0 Å². The van der Waals surface area contributed by atoms with E-state index in [1.807, 2.05) is 6.07 Å². The molecule has 0 aromatic heterocycles. The molecule has 0 saturated heterocycles. The van der Waals surface area contributed by atoms with E-state index in [2.05, 4.69) is 19.1 Å². The lowest BCUT2D eigenvalue weighted by Crippen LogP contribution is -1.97. The largest absolute Gasteiger partial charge is 0.427 e. The second kappa shape index (κ2) is 5.42. The Kier molecular flexibility index (Phi) is 4.49. The minimum Gasteiger partial charge on any atom is -0.427 e. The molecule has 0 heterocycles. The summed E-state index contributed by atoms with van der Waals surface area (Å²) < 4.78 is 5.14. The van der Waals surface area contributed by atoms with Crippen molar-refractivity contribution in [2.24, 2.45) is 0 Å². The summed E-state index contributed by atoms with van der Waals surface area (Å²) in [6, 6.07) is 7.26. The topological polar surface area (TPSA) is 9.23 Å². The summed E-state index contributed by atoms with van der Waals surface area (Å²) in [7, 11) is 1.50. The van der Waals surface area contributed by atoms with Gasteiger partial charge in [0, 0.05) is 12.1 Å². The SMILES string of the molecule is CO[SiH2]CCc1cc(Cl)ccc1C. The van der Waals surface area contributed by atoms with Crippen LogP contribution in [0, 0.1) is 6.92 Å². The molecule has 0 fully saturated rings. The summed E-state index contributed by atoms with van der Waals surface area (Å²) in [6.07, 6.45) is 1.10. The highest BCUT2D eigenvalue weighted by Crippen LogP contribution is 2.16. The molecule has 0 aliphatic heterocycles. The minimum atomic E-state index is -0.293. The molecule has 1 aromatic rings. The van der Waals surface area contributed by atoms with Gasteiger partial charge in [-0.05, 0) is 42.6 Å². The molecule has 1 nitrogen and oxygen atoms in total. The van der Waals surface area contributed by atoms with Crippen molar-refractivity contribution in [1.82, 2.24) is 0 Å². The lowest BCUT2D eigenvalue weighted by atomic mass is 10.1. The summed E-state index contributed by atoms with van der Waals surface area (Å²) in [4.78, 5) is 0. The first-order chi connectivity index (χ1) is 6.24. The van der Waals surface area contributed by atoms with Gasteiger partial charge >= 0.3 is 0 Å². The second-order valence-corrected chi connectivity index (χ2v) is 5.30. The Hall–Kier alpha value is -0.313. The lowest BCUT2D eigenvalue weighted by Gasteiger charge is -2.05. The van der Waals surface area contributed by atoms with E-state index in [0.717, 1.165) is 11.4 Å². The highest BCUT2D eigenvalue weighted by atomic mass is 35.5. The van der Waals surface area contributed by atoms with E-state index in [1.165, 1.54) is 17.2 Å². The van der Waals surface area contributed by atoms with Crippen LogP contribution in [-0.2, 0) is 10.8 Å². The van der Waals surface area contributed by atoms with Crippen LogP contribution in [0.4, 0.5) is 0 Å². The van der Waals surface area contributed by atoms with E-state index < -0.39 is 0 Å². The van der Waals surface area contributed by atoms with Crippen LogP contribution in [0.3, 0.4) is 0 Å². The van der Waals surface area contributed by atoms with Gasteiger partial charge < -0.3 is 4.43 Å². The van der Waals surface area contributed by atoms with Crippen LogP contribution in [0.5, 0.6) is 0 Å². The number of hydrogen-bond donors (Lipinski definition) is 0. The van der Waals surface area contributed by atoms with Crippen LogP contribution >= 0.6 is 11.6 Å². The third-order valence-corrected chi connectivity index (χ3v) is 3.39. The fraction of sp³-hybridized carbons (Fsp3) is 0.400. The molecule has 0 aliphatic carbocycles. The molecule has 0 saturated carbocycles. The number of benzene rings is 1. The third kappa shape index (κ3) is 3.51. The monoisotopic (exact) mass is 214 g/mol. The van der Waals surface area contributed by atoms with Crippen molar-refractivity contribution in [3.05, 3.63) is 34.3 Å². The zero-order chi connectivity index (χ0) is 9.68. The summed E-state index contributed by atoms with van der Waals surface area (Å²) in [5.74, 6) is 0. The molecule has 0 N–H and O–H groups in total. The summed E-state index contributed by atoms with van der Waals surface area (Å²) in [6.45, 7) is 2.13. The van der Waals surface area contributed by atoms with Crippen molar-refractivity contribution in [2.45, 2.75) is 19.4 Å². The predicted octanol–water partition coefficient (Wildman–Crippen LogP) is 2.34. The quantitative estimate of drug-likeness (QED) is 0.552. The molecular weight excluding hydrogens is 200 g/mol. The first-order valence-electron chi connectivity index (χ1n) is 4.48. The van der Waals surface area contributed by atoms with E-state index in [-0.39, 0.29) is 9.76 Å². The standard InChI is InChI=1S/C10H15ClOSi/c1-8-3-4-10(11)7-9(8)5-6-13-12-2/h3-4,7H,5-6,13H2,1-2H3. The van der Waals surface area contributed by atoms with Gasteiger partial charge in [0.05, 0.1) is 0 Å². The molecule has 0 atom stereocenters. The van der Waals surface area contributed by atoms with Gasteiger partial charge in [0.1, 0.15) is 0 Å². The van der Waals surface area contributed by atoms with Crippen LogP contribution < -0.4 is 0 Å². The first-order valence-corrected chi connectivity index (χ1v) is 6.43. The second-order valence-electron chi connectivity index (χ2n) is 3.17. The molecule has 0 aliphatic rings. The summed E-state index contributed by atoms with van der Waals surface area (Å²) in [5, 5.41) is 0.833. The maximum Gasteiger partial charge on any atom is 0.161 e. The Morgan fingerprint density at radius 1 is 1.46 bits per heavy atom. The highest BCUT2D eigenvalue weighted by Gasteiger charge is 1.99. The molecule has 0 radical (unpaired) electrons. The average Bonchev–Trinajstić information content (AvgIpc) is 2.11. The van der Waals surface area contributed by atoms with Crippen LogP contribution in [0.1, 0.15) is 11.1 Å². The first kappa shape index (κ1) is 10.8. The van der Waals surface area contributed by atoms with Gasteiger partial charge in [-0.15, -0.1) is 0 Å². The van der Waals surface area contributed by atoms with Crippen LogP contribution in [-0.4, -0.2) is 16.9 Å². The zero-order valence-corrected chi connectivity index (χ0v) is 10.3. The molecule has 72 valence electrons. The molecule has 0 amide bonds. The van der Waals surface area contributed by atoms with Crippen molar-refractivity contribution in [2.75, 3.05) is 7.11 Å². The van der Waals surface area contributed by atoms with Gasteiger partial charge in [0.15, 0.2) is 9.76 Å². The van der Waals surface area contributed by atoms with Crippen molar-refractivity contribution < 1.29 is 4.43 Å². The predicted molar refractivity (Wildman–Crippen MR) is 60.3 cm³/mol. The van der Waals surface area contributed by atoms with Gasteiger partial charge in [-0.1, -0.05) is 17.7 Å². The smallest absolute Gasteiger partial charge is 0.161 e. The Bertz CT molecular complexity index is 276. The van der Waals surface area contributed by atoms with Crippen LogP contribution in [0.15, 0.2) is 18.2 Å². The maximum atomic E-state index is 5.91. The van der Waals surface area contributed by atoms with E-state index in [1.54, 1.807) is 7.11 Å². The van der Waals surface area contributed by atoms with Crippen molar-refractivity contribution in [3.8, 4) is 0 Å². The number of halogens is 1. The van der Waals surface area contributed by atoms with Crippen LogP contribution in [0.25, 0.3) is 0 Å². The minimum absolute atomic E-state index is 0.293. The number of hydrogen-bond acceptors (Lipinski definition) is 1. The normalized spacial score (nSPS) is 11.3. The van der Waals surface area contributed by atoms with Gasteiger partial charge in [-0.3, -0.25) is 0 Å². The molecule has 3 heteroatoms. The van der Waals surface area contributed by atoms with E-state index in [0.29, 0.717) is 0 Å². The Morgan fingerprint density at radius 2 is 2.23 bits per heavy atom. The van der Waals surface area contributed by atoms with Crippen molar-refractivity contribution in [1.29, 1.82) is 0 Å². The third-order valence-electron chi connectivity index (χ3n) is 2.11. The summed E-state index contributed by atoms with van der Waals surface area (Å²) in [5.41, 5.74) is 2.69. The number of rotatable bonds is 4. The Balaban J connectivity index is 2.59. The van der Waals surface area contributed by atoms with Crippen LogP contribution in [0.2, 0.25) is 11.1 Å². The molecule has 13 heavy (non-hydrogen) atoms. The van der Waals surface area contributed by atoms with E-state index in [9.17, 15) is 0 Å². The molecular formula is C10H15ClOSi. The molecule has 1 rings (SSSR count). The van der Waals surface area contributed by atoms with Gasteiger partial charge in [0.25, 0.3) is 0 Å². The van der Waals surface area contributed by atoms with E-state index >= 15 is 0 Å². The van der Waals surface area contributed by atoms with Crippen molar-refractivity contribution in [3.63, 3.8) is 0 Å². The van der Waals surface area contributed by atoms with Gasteiger partial charge in [-0.2, -0.15) is 0 Å². The fourth-order valence-corrected chi connectivity index (χ4v) is 2.32. The van der Waals surface area contributed by atoms with E-state index in [4.69, 9.17) is 16.0 Å². The Morgan fingerprint density at radius 3 is 2.92 bits per heavy atom. The average molecular weight is 215 g/mol. The molecule has 0 spiro atoms. The maximum absolute atomic E-state index is 5.91. The molecule has 0 bridgehead atoms. The zero-order valence-electron chi connectivity index (χ0n) is 8.14. The van der Waals surface area contributed by atoms with Gasteiger partial charge in [-0.25, -0.2) is 0 Å². The highest BCUT2D eigenvalue weighted by molar-refractivity contribution is 6.30.